The van der Waals surface area contributed by atoms with Crippen molar-refractivity contribution in [1.82, 2.24) is 0 Å². The van der Waals surface area contributed by atoms with Gasteiger partial charge in [0.25, 0.3) is 11.8 Å². The predicted molar refractivity (Wildman–Crippen MR) is 188 cm³/mol. The van der Waals surface area contributed by atoms with E-state index in [0.717, 1.165) is 12.8 Å². The van der Waals surface area contributed by atoms with E-state index in [4.69, 9.17) is 9.47 Å². The Morgan fingerprint density at radius 2 is 0.959 bits per heavy atom. The minimum absolute atomic E-state index is 0.106. The Labute approximate surface area is 286 Å². The number of anilines is 2. The van der Waals surface area contributed by atoms with Crippen LogP contribution in [0.25, 0.3) is 0 Å². The Morgan fingerprint density at radius 3 is 1.29 bits per heavy atom. The molecule has 4 N–H and O–H groups in total. The second-order valence-electron chi connectivity index (χ2n) is 12.0. The molecular weight excluding hydrogens is 624 g/mol. The minimum atomic E-state index is -1.24. The van der Waals surface area contributed by atoms with Crippen LogP contribution < -0.4 is 20.1 Å². The monoisotopic (exact) mass is 666 g/mol. The highest BCUT2D eigenvalue weighted by Crippen LogP contribution is 2.25. The second kappa shape index (κ2) is 17.0. The summed E-state index contributed by atoms with van der Waals surface area (Å²) in [5.41, 5.74) is 3.47. The molecule has 0 spiro atoms. The van der Waals surface area contributed by atoms with Crippen LogP contribution in [0.5, 0.6) is 11.5 Å². The SMILES string of the molecule is CC[C@@H](C)c1ccc(OCC(=O)Nc2ccc(Cc3ccc(NC(=O)COc4ccc([C@@H](C)CC)cc4)c(C(=O)O)c3)cc2C(=O)O)cc1. The van der Waals surface area contributed by atoms with Crippen molar-refractivity contribution in [2.75, 3.05) is 23.8 Å². The highest BCUT2D eigenvalue weighted by molar-refractivity contribution is 6.02. The Morgan fingerprint density at radius 1 is 0.592 bits per heavy atom. The highest BCUT2D eigenvalue weighted by atomic mass is 16.5. The van der Waals surface area contributed by atoms with Gasteiger partial charge in [0.2, 0.25) is 0 Å². The van der Waals surface area contributed by atoms with E-state index in [1.54, 1.807) is 36.4 Å². The maximum absolute atomic E-state index is 12.6. The minimum Gasteiger partial charge on any atom is -0.484 e. The van der Waals surface area contributed by atoms with E-state index in [2.05, 4.69) is 38.3 Å². The molecular formula is C39H42N2O8. The van der Waals surface area contributed by atoms with E-state index in [1.807, 2.05) is 24.3 Å². The quantitative estimate of drug-likeness (QED) is 0.0948. The smallest absolute Gasteiger partial charge is 0.337 e. The van der Waals surface area contributed by atoms with Crippen molar-refractivity contribution in [2.24, 2.45) is 0 Å². The molecule has 4 rings (SSSR count). The fraction of sp³-hybridized carbons (Fsp3) is 0.282. The molecule has 0 aromatic heterocycles. The van der Waals surface area contributed by atoms with Gasteiger partial charge in [-0.15, -0.1) is 0 Å². The second-order valence-corrected chi connectivity index (χ2v) is 12.0. The van der Waals surface area contributed by atoms with E-state index in [9.17, 15) is 29.4 Å². The summed E-state index contributed by atoms with van der Waals surface area (Å²) in [7, 11) is 0. The number of rotatable bonds is 16. The van der Waals surface area contributed by atoms with Crippen LogP contribution in [0.1, 0.15) is 95.3 Å². The molecule has 0 aliphatic carbocycles. The topological polar surface area (TPSA) is 151 Å². The van der Waals surface area contributed by atoms with E-state index in [-0.39, 0.29) is 42.1 Å². The van der Waals surface area contributed by atoms with Gasteiger partial charge in [0.1, 0.15) is 11.5 Å². The molecule has 10 nitrogen and oxygen atoms in total. The largest absolute Gasteiger partial charge is 0.484 e. The van der Waals surface area contributed by atoms with Crippen LogP contribution in [-0.4, -0.2) is 47.2 Å². The molecule has 0 saturated heterocycles. The Bertz CT molecular complexity index is 1650. The molecule has 0 aliphatic rings. The third kappa shape index (κ3) is 10.2. The zero-order valence-corrected chi connectivity index (χ0v) is 28.1. The third-order valence-electron chi connectivity index (χ3n) is 8.45. The molecule has 0 aliphatic heterocycles. The summed E-state index contributed by atoms with van der Waals surface area (Å²) in [4.78, 5) is 49.4. The van der Waals surface area contributed by atoms with Gasteiger partial charge >= 0.3 is 11.9 Å². The number of carbonyl (C=O) groups excluding carboxylic acids is 2. The summed E-state index contributed by atoms with van der Waals surface area (Å²) in [5, 5.41) is 24.9. The average Bonchev–Trinajstić information content (AvgIpc) is 3.10. The van der Waals surface area contributed by atoms with Crippen LogP contribution in [0.3, 0.4) is 0 Å². The number of carboxylic acids is 2. The third-order valence-corrected chi connectivity index (χ3v) is 8.45. The number of aromatic carboxylic acids is 2. The fourth-order valence-corrected chi connectivity index (χ4v) is 5.14. The van der Waals surface area contributed by atoms with Gasteiger partial charge in [-0.05, 0) is 102 Å². The number of hydrogen-bond donors (Lipinski definition) is 4. The molecule has 0 radical (unpaired) electrons. The first kappa shape index (κ1) is 36.2. The van der Waals surface area contributed by atoms with Gasteiger partial charge in [0.05, 0.1) is 22.5 Å². The van der Waals surface area contributed by atoms with Crippen LogP contribution in [-0.2, 0) is 16.0 Å². The summed E-state index contributed by atoms with van der Waals surface area (Å²) in [6.07, 6.45) is 2.22. The van der Waals surface area contributed by atoms with Gasteiger partial charge in [-0.25, -0.2) is 9.59 Å². The van der Waals surface area contributed by atoms with Crippen LogP contribution in [0.2, 0.25) is 0 Å². The first-order chi connectivity index (χ1) is 23.5. The van der Waals surface area contributed by atoms with Crippen LogP contribution in [0, 0.1) is 0 Å². The lowest BCUT2D eigenvalue weighted by Gasteiger charge is -2.14. The van der Waals surface area contributed by atoms with Gasteiger partial charge in [-0.3, -0.25) is 9.59 Å². The lowest BCUT2D eigenvalue weighted by Crippen LogP contribution is -2.22. The first-order valence-electron chi connectivity index (χ1n) is 16.2. The normalized spacial score (nSPS) is 12.0. The van der Waals surface area contributed by atoms with Crippen molar-refractivity contribution >= 4 is 35.1 Å². The summed E-state index contributed by atoms with van der Waals surface area (Å²) in [5.74, 6) is -1.64. The summed E-state index contributed by atoms with van der Waals surface area (Å²) >= 11 is 0. The van der Waals surface area contributed by atoms with Crippen molar-refractivity contribution < 1.29 is 38.9 Å². The van der Waals surface area contributed by atoms with Crippen LogP contribution in [0.4, 0.5) is 11.4 Å². The van der Waals surface area contributed by atoms with Gasteiger partial charge in [0, 0.05) is 0 Å². The molecule has 4 aromatic rings. The number of benzene rings is 4. The van der Waals surface area contributed by atoms with Gasteiger partial charge in [-0.1, -0.05) is 64.1 Å². The number of carboxylic acid groups (broad SMARTS) is 2. The van der Waals surface area contributed by atoms with Crippen molar-refractivity contribution in [3.8, 4) is 11.5 Å². The molecule has 4 aromatic carbocycles. The Kier molecular flexibility index (Phi) is 12.5. The van der Waals surface area contributed by atoms with Crippen molar-refractivity contribution in [3.63, 3.8) is 0 Å². The molecule has 0 fully saturated rings. The highest BCUT2D eigenvalue weighted by Gasteiger charge is 2.17. The van der Waals surface area contributed by atoms with Crippen LogP contribution in [0.15, 0.2) is 84.9 Å². The summed E-state index contributed by atoms with van der Waals surface area (Å²) in [6, 6.07) is 24.1. The Hall–Kier alpha value is -5.64. The standard InChI is InChI=1S/C39H42N2O8/c1-5-24(3)28-9-13-30(14-10-28)48-22-36(42)40-34-17-7-26(20-32(34)38(44)45)19-27-8-18-35(33(21-27)39(46)47)41-37(43)23-49-31-15-11-29(12-16-31)25(4)6-2/h7-18,20-21,24-25H,5-6,19,22-23H2,1-4H3,(H,40,42)(H,41,43)(H,44,45)(H,46,47)/t24-,25+. The van der Waals surface area contributed by atoms with E-state index >= 15 is 0 Å². The molecule has 0 saturated carbocycles. The fourth-order valence-electron chi connectivity index (χ4n) is 5.14. The number of hydrogen-bond acceptors (Lipinski definition) is 6. The molecule has 2 amide bonds. The van der Waals surface area contributed by atoms with Gasteiger partial charge < -0.3 is 30.3 Å². The maximum atomic E-state index is 12.6. The summed E-state index contributed by atoms with van der Waals surface area (Å²) < 4.78 is 11.2. The van der Waals surface area contributed by atoms with Crippen molar-refractivity contribution in [1.29, 1.82) is 0 Å². The van der Waals surface area contributed by atoms with Crippen LogP contribution >= 0.6 is 0 Å². The molecule has 0 heterocycles. The lowest BCUT2D eigenvalue weighted by molar-refractivity contribution is -0.118. The summed E-state index contributed by atoms with van der Waals surface area (Å²) in [6.45, 7) is 7.88. The van der Waals surface area contributed by atoms with Crippen molar-refractivity contribution in [3.05, 3.63) is 118 Å². The molecule has 49 heavy (non-hydrogen) atoms. The molecule has 10 heteroatoms. The van der Waals surface area contributed by atoms with Gasteiger partial charge in [0.15, 0.2) is 13.2 Å². The number of ether oxygens (including phenoxy) is 2. The Balaban J connectivity index is 1.37. The van der Waals surface area contributed by atoms with E-state index in [1.165, 1.54) is 35.4 Å². The predicted octanol–water partition coefficient (Wildman–Crippen LogP) is 7.74. The molecule has 0 bridgehead atoms. The lowest BCUT2D eigenvalue weighted by atomic mass is 9.99. The number of amides is 2. The average molecular weight is 667 g/mol. The first-order valence-corrected chi connectivity index (χ1v) is 16.2. The number of carbonyl (C=O) groups is 4. The number of nitrogens with one attached hydrogen (secondary N) is 2. The molecule has 2 atom stereocenters. The molecule has 256 valence electrons. The maximum Gasteiger partial charge on any atom is 0.337 e. The van der Waals surface area contributed by atoms with Crippen molar-refractivity contribution in [2.45, 2.75) is 58.8 Å². The van der Waals surface area contributed by atoms with E-state index in [0.29, 0.717) is 34.5 Å². The zero-order chi connectivity index (χ0) is 35.5. The molecule has 0 unspecified atom stereocenters. The zero-order valence-electron chi connectivity index (χ0n) is 28.1. The van der Waals surface area contributed by atoms with Gasteiger partial charge in [-0.2, -0.15) is 0 Å². The van der Waals surface area contributed by atoms with E-state index < -0.39 is 23.8 Å².